The van der Waals surface area contributed by atoms with E-state index in [9.17, 15) is 5.11 Å². The molecule has 0 aliphatic rings. The van der Waals surface area contributed by atoms with Gasteiger partial charge in [0.25, 0.3) is 0 Å². The van der Waals surface area contributed by atoms with Gasteiger partial charge in [-0.05, 0) is 41.3 Å². The van der Waals surface area contributed by atoms with Crippen molar-refractivity contribution in [3.8, 4) is 11.1 Å². The normalized spacial score (nSPS) is 11.8. The van der Waals surface area contributed by atoms with Crippen molar-refractivity contribution < 1.29 is 5.11 Å². The lowest BCUT2D eigenvalue weighted by Gasteiger charge is -2.21. The molecule has 100 valence electrons. The highest BCUT2D eigenvalue weighted by Gasteiger charge is 2.19. The van der Waals surface area contributed by atoms with E-state index >= 15 is 0 Å². The van der Waals surface area contributed by atoms with E-state index in [1.807, 2.05) is 50.2 Å². The van der Waals surface area contributed by atoms with Gasteiger partial charge < -0.3 is 5.11 Å². The van der Waals surface area contributed by atoms with E-state index in [4.69, 9.17) is 0 Å². The van der Waals surface area contributed by atoms with Crippen LogP contribution in [0.3, 0.4) is 0 Å². The van der Waals surface area contributed by atoms with Crippen molar-refractivity contribution in [3.63, 3.8) is 0 Å². The first-order chi connectivity index (χ1) is 9.57. The zero-order valence-corrected chi connectivity index (χ0v) is 11.8. The first-order valence-corrected chi connectivity index (χ1v) is 6.87. The van der Waals surface area contributed by atoms with Crippen LogP contribution in [0.4, 0.5) is 0 Å². The molecule has 0 fully saturated rings. The Morgan fingerprint density at radius 3 is 1.95 bits per heavy atom. The molecular weight excluding hydrogens is 244 g/mol. The van der Waals surface area contributed by atoms with Crippen LogP contribution < -0.4 is 0 Å². The second kappa shape index (κ2) is 4.77. The Balaban J connectivity index is 2.33. The predicted octanol–water partition coefficient (Wildman–Crippen LogP) is 4.73. The van der Waals surface area contributed by atoms with E-state index < -0.39 is 5.60 Å². The molecule has 1 N–H and O–H groups in total. The van der Waals surface area contributed by atoms with Gasteiger partial charge in [0.2, 0.25) is 0 Å². The van der Waals surface area contributed by atoms with Crippen LogP contribution in [0.5, 0.6) is 0 Å². The molecule has 0 bridgehead atoms. The monoisotopic (exact) mass is 262 g/mol. The molecule has 0 heterocycles. The molecule has 3 rings (SSSR count). The summed E-state index contributed by atoms with van der Waals surface area (Å²) in [5.74, 6) is 0. The van der Waals surface area contributed by atoms with Crippen LogP contribution in [0, 0.1) is 0 Å². The minimum Gasteiger partial charge on any atom is -0.386 e. The van der Waals surface area contributed by atoms with Gasteiger partial charge in [0.05, 0.1) is 5.60 Å². The van der Waals surface area contributed by atoms with Gasteiger partial charge in [-0.1, -0.05) is 66.7 Å². The quantitative estimate of drug-likeness (QED) is 0.707. The molecule has 0 spiro atoms. The third-order valence-corrected chi connectivity index (χ3v) is 3.67. The van der Waals surface area contributed by atoms with Crippen LogP contribution in [-0.4, -0.2) is 5.11 Å². The lowest BCUT2D eigenvalue weighted by Crippen LogP contribution is -2.15. The Hall–Kier alpha value is -2.12. The molecular formula is C19H18O. The Kier molecular flexibility index (Phi) is 3.07. The topological polar surface area (TPSA) is 20.2 Å². The van der Waals surface area contributed by atoms with Crippen molar-refractivity contribution in [2.75, 3.05) is 0 Å². The zero-order valence-electron chi connectivity index (χ0n) is 11.8. The summed E-state index contributed by atoms with van der Waals surface area (Å²) in [4.78, 5) is 0. The van der Waals surface area contributed by atoms with Crippen LogP contribution >= 0.6 is 0 Å². The van der Waals surface area contributed by atoms with Gasteiger partial charge in [-0.25, -0.2) is 0 Å². The number of rotatable bonds is 2. The number of hydrogen-bond acceptors (Lipinski definition) is 1. The number of aliphatic hydroxyl groups is 1. The second-order valence-electron chi connectivity index (χ2n) is 5.63. The molecule has 0 amide bonds. The molecule has 20 heavy (non-hydrogen) atoms. The Morgan fingerprint density at radius 2 is 1.30 bits per heavy atom. The van der Waals surface area contributed by atoms with Gasteiger partial charge in [-0.2, -0.15) is 0 Å². The summed E-state index contributed by atoms with van der Waals surface area (Å²) in [7, 11) is 0. The van der Waals surface area contributed by atoms with E-state index in [0.717, 1.165) is 10.9 Å². The fourth-order valence-corrected chi connectivity index (χ4v) is 2.70. The fraction of sp³-hybridized carbons (Fsp3) is 0.158. The van der Waals surface area contributed by atoms with Crippen LogP contribution in [0.15, 0.2) is 66.7 Å². The maximum Gasteiger partial charge on any atom is 0.0846 e. The molecule has 0 saturated heterocycles. The van der Waals surface area contributed by atoms with Crippen LogP contribution in [0.25, 0.3) is 21.9 Å². The summed E-state index contributed by atoms with van der Waals surface area (Å²) < 4.78 is 0. The molecule has 1 heteroatoms. The average Bonchev–Trinajstić information content (AvgIpc) is 2.46. The van der Waals surface area contributed by atoms with Crippen LogP contribution in [0.1, 0.15) is 19.4 Å². The minimum absolute atomic E-state index is 0.838. The molecule has 3 aromatic carbocycles. The first kappa shape index (κ1) is 12.9. The maximum atomic E-state index is 10.3. The summed E-state index contributed by atoms with van der Waals surface area (Å²) >= 11 is 0. The zero-order chi connectivity index (χ0) is 14.2. The highest BCUT2D eigenvalue weighted by atomic mass is 16.3. The molecule has 0 unspecified atom stereocenters. The van der Waals surface area contributed by atoms with E-state index in [1.165, 1.54) is 16.5 Å². The van der Waals surface area contributed by atoms with Gasteiger partial charge >= 0.3 is 0 Å². The lowest BCUT2D eigenvalue weighted by molar-refractivity contribution is 0.0802. The van der Waals surface area contributed by atoms with Crippen molar-refractivity contribution >= 4 is 10.8 Å². The van der Waals surface area contributed by atoms with Crippen LogP contribution in [-0.2, 0) is 5.60 Å². The van der Waals surface area contributed by atoms with E-state index in [-0.39, 0.29) is 0 Å². The molecule has 0 atom stereocenters. The molecule has 3 aromatic rings. The van der Waals surface area contributed by atoms with Gasteiger partial charge in [-0.15, -0.1) is 0 Å². The summed E-state index contributed by atoms with van der Waals surface area (Å²) in [6.45, 7) is 3.66. The third kappa shape index (κ3) is 2.21. The van der Waals surface area contributed by atoms with Crippen molar-refractivity contribution in [1.82, 2.24) is 0 Å². The highest BCUT2D eigenvalue weighted by molar-refractivity contribution is 5.98. The van der Waals surface area contributed by atoms with Gasteiger partial charge in [0.15, 0.2) is 0 Å². The van der Waals surface area contributed by atoms with Crippen molar-refractivity contribution in [1.29, 1.82) is 0 Å². The van der Waals surface area contributed by atoms with Crippen molar-refractivity contribution in [2.45, 2.75) is 19.4 Å². The molecule has 0 aliphatic carbocycles. The number of hydrogen-bond donors (Lipinski definition) is 1. The first-order valence-electron chi connectivity index (χ1n) is 6.87. The Morgan fingerprint density at radius 1 is 0.700 bits per heavy atom. The summed E-state index contributed by atoms with van der Waals surface area (Å²) in [6.07, 6.45) is 0. The number of fused-ring (bicyclic) bond motifs is 1. The van der Waals surface area contributed by atoms with Gasteiger partial charge in [0, 0.05) is 0 Å². The van der Waals surface area contributed by atoms with Crippen molar-refractivity contribution in [2.24, 2.45) is 0 Å². The molecule has 1 nitrogen and oxygen atoms in total. The summed E-state index contributed by atoms with van der Waals surface area (Å²) in [5, 5.41) is 12.6. The number of benzene rings is 3. The smallest absolute Gasteiger partial charge is 0.0846 e. The standard InChI is InChI=1S/C19H18O/c1-19(2,20)18-13-12-15(14-8-4-3-5-9-14)16-10-6-7-11-17(16)18/h3-13,20H,1-2H3. The SMILES string of the molecule is CC(C)(O)c1ccc(-c2ccccc2)c2ccccc12. The van der Waals surface area contributed by atoms with E-state index in [0.29, 0.717) is 0 Å². The Labute approximate surface area is 119 Å². The maximum absolute atomic E-state index is 10.3. The second-order valence-corrected chi connectivity index (χ2v) is 5.63. The summed E-state index contributed by atoms with van der Waals surface area (Å²) in [6, 6.07) is 22.8. The van der Waals surface area contributed by atoms with Gasteiger partial charge in [-0.3, -0.25) is 0 Å². The average molecular weight is 262 g/mol. The fourth-order valence-electron chi connectivity index (χ4n) is 2.70. The third-order valence-electron chi connectivity index (χ3n) is 3.67. The Bertz CT molecular complexity index is 737. The van der Waals surface area contributed by atoms with Gasteiger partial charge in [0.1, 0.15) is 0 Å². The van der Waals surface area contributed by atoms with Crippen molar-refractivity contribution in [3.05, 3.63) is 72.3 Å². The van der Waals surface area contributed by atoms with E-state index in [1.54, 1.807) is 0 Å². The molecule has 0 saturated carbocycles. The molecule has 0 aliphatic heterocycles. The summed E-state index contributed by atoms with van der Waals surface area (Å²) in [5.41, 5.74) is 2.53. The molecule has 0 radical (unpaired) electrons. The molecule has 0 aromatic heterocycles. The minimum atomic E-state index is -0.838. The largest absolute Gasteiger partial charge is 0.386 e. The highest BCUT2D eigenvalue weighted by Crippen LogP contribution is 2.34. The predicted molar refractivity (Wildman–Crippen MR) is 84.6 cm³/mol. The van der Waals surface area contributed by atoms with Crippen LogP contribution in [0.2, 0.25) is 0 Å². The van der Waals surface area contributed by atoms with E-state index in [2.05, 4.69) is 30.3 Å². The lowest BCUT2D eigenvalue weighted by atomic mass is 9.88.